The van der Waals surface area contributed by atoms with Gasteiger partial charge in [-0.15, -0.1) is 0 Å². The smallest absolute Gasteiger partial charge is 0.332 e. The molecule has 0 atom stereocenters. The van der Waals surface area contributed by atoms with E-state index in [-0.39, 0.29) is 17.6 Å². The van der Waals surface area contributed by atoms with Crippen LogP contribution in [0.15, 0.2) is 11.1 Å². The van der Waals surface area contributed by atoms with Crippen LogP contribution in [-0.2, 0) is 14.3 Å². The molecule has 19 heavy (non-hydrogen) atoms. The monoisotopic (exact) mass is 271 g/mol. The van der Waals surface area contributed by atoms with E-state index in [1.165, 1.54) is 0 Å². The lowest BCUT2D eigenvalue weighted by atomic mass is 10.0. The van der Waals surface area contributed by atoms with Crippen LogP contribution in [0.5, 0.6) is 0 Å². The van der Waals surface area contributed by atoms with E-state index in [9.17, 15) is 9.59 Å². The van der Waals surface area contributed by atoms with Crippen molar-refractivity contribution in [2.45, 2.75) is 26.2 Å². The van der Waals surface area contributed by atoms with Gasteiger partial charge in [-0.2, -0.15) is 0 Å². The van der Waals surface area contributed by atoms with Crippen molar-refractivity contribution < 1.29 is 24.5 Å². The van der Waals surface area contributed by atoms with E-state index in [0.717, 1.165) is 19.6 Å². The summed E-state index contributed by atoms with van der Waals surface area (Å²) in [6.45, 7) is 5.55. The molecule has 0 aromatic carbocycles. The van der Waals surface area contributed by atoms with Gasteiger partial charge >= 0.3 is 11.9 Å². The third-order valence-corrected chi connectivity index (χ3v) is 3.24. The summed E-state index contributed by atoms with van der Waals surface area (Å²) in [4.78, 5) is 24.3. The highest BCUT2D eigenvalue weighted by atomic mass is 16.5. The minimum absolute atomic E-state index is 0.00878. The second kappa shape index (κ2) is 7.91. The number of carbonyl (C=O) groups is 2. The Morgan fingerprint density at radius 3 is 2.16 bits per heavy atom. The Hall–Kier alpha value is -1.40. The summed E-state index contributed by atoms with van der Waals surface area (Å²) in [6, 6.07) is 0. The second-order valence-corrected chi connectivity index (χ2v) is 4.48. The fourth-order valence-electron chi connectivity index (χ4n) is 2.18. The molecule has 1 rings (SSSR count). The molecular weight excluding hydrogens is 250 g/mol. The Kier molecular flexibility index (Phi) is 6.52. The number of carboxylic acid groups (broad SMARTS) is 2. The topological polar surface area (TPSA) is 87.1 Å². The predicted octanol–water partition coefficient (Wildman–Crippen LogP) is 0.975. The Balaban J connectivity index is 2.54. The highest BCUT2D eigenvalue weighted by Crippen LogP contribution is 2.16. The van der Waals surface area contributed by atoms with Crippen LogP contribution in [0.3, 0.4) is 0 Å². The summed E-state index contributed by atoms with van der Waals surface area (Å²) >= 11 is 0. The molecule has 0 radical (unpaired) electrons. The molecule has 1 heterocycles. The van der Waals surface area contributed by atoms with E-state index in [1.54, 1.807) is 6.92 Å². The first-order valence-electron chi connectivity index (χ1n) is 6.55. The van der Waals surface area contributed by atoms with Crippen LogP contribution in [0.25, 0.3) is 0 Å². The van der Waals surface area contributed by atoms with Gasteiger partial charge in [0.2, 0.25) is 0 Å². The van der Waals surface area contributed by atoms with Crippen LogP contribution in [0, 0.1) is 0 Å². The van der Waals surface area contributed by atoms with Gasteiger partial charge in [0.25, 0.3) is 0 Å². The molecule has 108 valence electrons. The first-order valence-corrected chi connectivity index (χ1v) is 6.55. The summed E-state index contributed by atoms with van der Waals surface area (Å²) in [5.74, 6) is -2.26. The molecule has 1 saturated heterocycles. The number of morpholine rings is 1. The van der Waals surface area contributed by atoms with Crippen LogP contribution in [0.2, 0.25) is 0 Å². The van der Waals surface area contributed by atoms with E-state index in [0.29, 0.717) is 26.1 Å². The Bertz CT molecular complexity index is 358. The predicted molar refractivity (Wildman–Crippen MR) is 69.1 cm³/mol. The maximum absolute atomic E-state index is 11.1. The Morgan fingerprint density at radius 1 is 1.11 bits per heavy atom. The summed E-state index contributed by atoms with van der Waals surface area (Å²) in [6.07, 6.45) is 1.18. The maximum Gasteiger partial charge on any atom is 0.332 e. The number of rotatable bonds is 7. The number of aliphatic carboxylic acids is 2. The molecule has 6 heteroatoms. The first kappa shape index (κ1) is 15.7. The first-order chi connectivity index (χ1) is 9.06. The minimum atomic E-state index is -1.13. The minimum Gasteiger partial charge on any atom is -0.478 e. The van der Waals surface area contributed by atoms with E-state index in [1.807, 2.05) is 0 Å². The van der Waals surface area contributed by atoms with Crippen molar-refractivity contribution in [1.82, 2.24) is 4.90 Å². The molecular formula is C13H21NO5. The van der Waals surface area contributed by atoms with Crippen LogP contribution in [0.4, 0.5) is 0 Å². The number of ether oxygens (including phenoxy) is 1. The van der Waals surface area contributed by atoms with Gasteiger partial charge in [-0.1, -0.05) is 6.92 Å². The number of hydrogen-bond acceptors (Lipinski definition) is 4. The van der Waals surface area contributed by atoms with Gasteiger partial charge in [0.1, 0.15) is 0 Å². The lowest BCUT2D eigenvalue weighted by molar-refractivity contribution is -0.136. The molecule has 0 bridgehead atoms. The summed E-state index contributed by atoms with van der Waals surface area (Å²) in [7, 11) is 0. The fraction of sp³-hybridized carbons (Fsp3) is 0.692. The molecule has 1 aliphatic rings. The zero-order chi connectivity index (χ0) is 14.3. The highest BCUT2D eigenvalue weighted by molar-refractivity contribution is 5.98. The van der Waals surface area contributed by atoms with Crippen LogP contribution in [0.1, 0.15) is 26.2 Å². The third-order valence-electron chi connectivity index (χ3n) is 3.24. The van der Waals surface area contributed by atoms with Crippen LogP contribution >= 0.6 is 0 Å². The van der Waals surface area contributed by atoms with E-state index >= 15 is 0 Å². The molecule has 0 unspecified atom stereocenters. The highest BCUT2D eigenvalue weighted by Gasteiger charge is 2.19. The number of nitrogens with zero attached hydrogens (tertiary/aromatic N) is 1. The maximum atomic E-state index is 11.1. The lowest BCUT2D eigenvalue weighted by Crippen LogP contribution is -2.36. The average Bonchev–Trinajstić information content (AvgIpc) is 2.38. The number of hydrogen-bond donors (Lipinski definition) is 2. The van der Waals surface area contributed by atoms with Crippen molar-refractivity contribution in [3.8, 4) is 0 Å². The molecule has 1 aliphatic heterocycles. The van der Waals surface area contributed by atoms with Crippen LogP contribution in [-0.4, -0.2) is 59.9 Å². The van der Waals surface area contributed by atoms with E-state index in [4.69, 9.17) is 14.9 Å². The number of carboxylic acids is 2. The van der Waals surface area contributed by atoms with Crippen molar-refractivity contribution in [3.05, 3.63) is 11.1 Å². The zero-order valence-electron chi connectivity index (χ0n) is 11.2. The average molecular weight is 271 g/mol. The van der Waals surface area contributed by atoms with E-state index in [2.05, 4.69) is 4.90 Å². The Morgan fingerprint density at radius 2 is 1.68 bits per heavy atom. The van der Waals surface area contributed by atoms with Crippen molar-refractivity contribution >= 4 is 11.9 Å². The van der Waals surface area contributed by atoms with Gasteiger partial charge in [-0.25, -0.2) is 9.59 Å². The SMILES string of the molecule is CCC(C(=O)O)=C(CCCN1CCOCC1)C(=O)O. The van der Waals surface area contributed by atoms with Gasteiger partial charge in [0, 0.05) is 24.2 Å². The molecule has 0 aromatic heterocycles. The summed E-state index contributed by atoms with van der Waals surface area (Å²) < 4.78 is 5.23. The Labute approximate surface area is 112 Å². The molecule has 0 saturated carbocycles. The van der Waals surface area contributed by atoms with Crippen molar-refractivity contribution in [2.75, 3.05) is 32.8 Å². The molecule has 6 nitrogen and oxygen atoms in total. The normalized spacial score (nSPS) is 17.9. The largest absolute Gasteiger partial charge is 0.478 e. The lowest BCUT2D eigenvalue weighted by Gasteiger charge is -2.26. The quantitative estimate of drug-likeness (QED) is 0.671. The molecule has 2 N–H and O–H groups in total. The fourth-order valence-corrected chi connectivity index (χ4v) is 2.18. The molecule has 0 amide bonds. The summed E-state index contributed by atoms with van der Waals surface area (Å²) in [5, 5.41) is 18.1. The second-order valence-electron chi connectivity index (χ2n) is 4.48. The van der Waals surface area contributed by atoms with Crippen molar-refractivity contribution in [2.24, 2.45) is 0 Å². The van der Waals surface area contributed by atoms with Gasteiger partial charge < -0.3 is 14.9 Å². The summed E-state index contributed by atoms with van der Waals surface area (Å²) in [5.41, 5.74) is 0.0396. The third kappa shape index (κ3) is 5.00. The van der Waals surface area contributed by atoms with Gasteiger partial charge in [-0.3, -0.25) is 4.90 Å². The van der Waals surface area contributed by atoms with Crippen molar-refractivity contribution in [3.63, 3.8) is 0 Å². The molecule has 0 aromatic rings. The molecule has 1 fully saturated rings. The van der Waals surface area contributed by atoms with Gasteiger partial charge in [0.15, 0.2) is 0 Å². The molecule has 0 spiro atoms. The van der Waals surface area contributed by atoms with Crippen LogP contribution < -0.4 is 0 Å². The van der Waals surface area contributed by atoms with Gasteiger partial charge in [0.05, 0.1) is 13.2 Å². The van der Waals surface area contributed by atoms with Crippen molar-refractivity contribution in [1.29, 1.82) is 0 Å². The molecule has 0 aliphatic carbocycles. The van der Waals surface area contributed by atoms with Gasteiger partial charge in [-0.05, 0) is 25.8 Å². The standard InChI is InChI=1S/C13H21NO5/c1-2-10(12(15)16)11(13(17)18)4-3-5-14-6-8-19-9-7-14/h2-9H2,1H3,(H,15,16)(H,17,18). The zero-order valence-corrected chi connectivity index (χ0v) is 11.2. The van der Waals surface area contributed by atoms with E-state index < -0.39 is 11.9 Å².